The number of nitrogens with zero attached hydrogens (tertiary/aromatic N) is 5. The fourth-order valence-corrected chi connectivity index (χ4v) is 4.24. The van der Waals surface area contributed by atoms with Gasteiger partial charge in [0.2, 0.25) is 5.91 Å². The molecule has 4 heterocycles. The highest BCUT2D eigenvalue weighted by molar-refractivity contribution is 6.00. The summed E-state index contributed by atoms with van der Waals surface area (Å²) in [6.45, 7) is 4.37. The molecule has 1 saturated heterocycles. The molecule has 1 aliphatic heterocycles. The van der Waals surface area contributed by atoms with E-state index >= 15 is 0 Å². The molecule has 1 fully saturated rings. The van der Waals surface area contributed by atoms with Crippen LogP contribution in [0.15, 0.2) is 43.4 Å². The van der Waals surface area contributed by atoms with Crippen molar-refractivity contribution >= 4 is 23.1 Å². The number of carbonyl (C=O) groups is 2. The molecule has 2 amide bonds. The van der Waals surface area contributed by atoms with Crippen LogP contribution in [0.5, 0.6) is 0 Å². The van der Waals surface area contributed by atoms with E-state index in [2.05, 4.69) is 33.8 Å². The second kappa shape index (κ2) is 9.18. The van der Waals surface area contributed by atoms with Crippen LogP contribution in [0.4, 0.5) is 5.82 Å². The van der Waals surface area contributed by atoms with Crippen molar-refractivity contribution < 1.29 is 14.3 Å². The molecule has 3 aromatic rings. The predicted molar refractivity (Wildman–Crippen MR) is 123 cm³/mol. The molecule has 3 N–H and O–H groups in total. The third-order valence-electron chi connectivity index (χ3n) is 5.71. The number of hydrogen-bond acceptors (Lipinski definition) is 6. The van der Waals surface area contributed by atoms with Crippen molar-refractivity contribution in [3.63, 3.8) is 0 Å². The summed E-state index contributed by atoms with van der Waals surface area (Å²) in [5.74, 6) is 5.71. The van der Waals surface area contributed by atoms with Gasteiger partial charge in [0.1, 0.15) is 17.7 Å². The summed E-state index contributed by atoms with van der Waals surface area (Å²) in [4.78, 5) is 30.5. The molecule has 0 spiro atoms. The lowest BCUT2D eigenvalue weighted by Gasteiger charge is -2.22. The van der Waals surface area contributed by atoms with Crippen molar-refractivity contribution in [3.8, 4) is 11.8 Å². The number of nitrogens with two attached hydrogens (primary N) is 1. The summed E-state index contributed by atoms with van der Waals surface area (Å²) in [7, 11) is 3.29. The molecule has 3 aromatic heterocycles. The molecular formula is C23H25N7O3. The first-order chi connectivity index (χ1) is 16.0. The highest BCUT2D eigenvalue weighted by atomic mass is 16.5. The van der Waals surface area contributed by atoms with Crippen molar-refractivity contribution in [2.24, 2.45) is 5.73 Å². The van der Waals surface area contributed by atoms with Crippen LogP contribution in [0.2, 0.25) is 0 Å². The maximum atomic E-state index is 12.4. The van der Waals surface area contributed by atoms with E-state index < -0.39 is 5.91 Å². The number of methoxy groups -OCH3 is 1. The first-order valence-electron chi connectivity index (χ1n) is 10.4. The molecule has 0 aliphatic carbocycles. The fourth-order valence-electron chi connectivity index (χ4n) is 4.24. The Kier molecular flexibility index (Phi) is 6.15. The van der Waals surface area contributed by atoms with Crippen LogP contribution in [-0.2, 0) is 9.53 Å². The largest absolute Gasteiger partial charge is 0.383 e. The van der Waals surface area contributed by atoms with E-state index in [0.29, 0.717) is 31.1 Å². The standard InChI is InChI=1S/C23H25N7O3/c1-4-20(31)28-12-17(10-18(28)13-33-3)30-23(25-2)21(22(24)32)19(27-30)9-8-15-6-5-7-16-11-26-14-29(15)16/h4-7,11,14,17-18,25H,1,10,12-13H2,2-3H3,(H2,24,32)/t17-,18+/m0/s1. The first kappa shape index (κ1) is 22.1. The zero-order chi connectivity index (χ0) is 23.5. The number of rotatable bonds is 6. The molecule has 4 rings (SSSR count). The van der Waals surface area contributed by atoms with E-state index in [1.165, 1.54) is 6.08 Å². The lowest BCUT2D eigenvalue weighted by atomic mass is 10.1. The Morgan fingerprint density at radius 1 is 1.39 bits per heavy atom. The van der Waals surface area contributed by atoms with Gasteiger partial charge in [0.05, 0.1) is 36.1 Å². The van der Waals surface area contributed by atoms with Gasteiger partial charge in [0, 0.05) is 20.7 Å². The van der Waals surface area contributed by atoms with Gasteiger partial charge < -0.3 is 20.7 Å². The fraction of sp³-hybridized carbons (Fsp3) is 0.304. The lowest BCUT2D eigenvalue weighted by molar-refractivity contribution is -0.127. The summed E-state index contributed by atoms with van der Waals surface area (Å²) >= 11 is 0. The van der Waals surface area contributed by atoms with Crippen LogP contribution < -0.4 is 11.1 Å². The molecule has 0 aromatic carbocycles. The van der Waals surface area contributed by atoms with Crippen molar-refractivity contribution in [2.75, 3.05) is 32.6 Å². The van der Waals surface area contributed by atoms with E-state index in [-0.39, 0.29) is 29.2 Å². The molecule has 1 aliphatic rings. The smallest absolute Gasteiger partial charge is 0.255 e. The number of imidazole rings is 1. The van der Waals surface area contributed by atoms with Gasteiger partial charge in [0.25, 0.3) is 5.91 Å². The molecule has 10 heteroatoms. The molecule has 0 radical (unpaired) electrons. The normalized spacial score (nSPS) is 17.6. The van der Waals surface area contributed by atoms with Crippen molar-refractivity contribution in [1.29, 1.82) is 0 Å². The van der Waals surface area contributed by atoms with Gasteiger partial charge >= 0.3 is 0 Å². The van der Waals surface area contributed by atoms with Gasteiger partial charge in [-0.25, -0.2) is 9.67 Å². The van der Waals surface area contributed by atoms with E-state index in [0.717, 1.165) is 5.52 Å². The minimum atomic E-state index is -0.638. The summed E-state index contributed by atoms with van der Waals surface area (Å²) in [5, 5.41) is 7.66. The number of nitrogens with one attached hydrogen (secondary N) is 1. The number of primary amides is 1. The maximum Gasteiger partial charge on any atom is 0.255 e. The number of ether oxygens (including phenoxy) is 1. The molecule has 0 bridgehead atoms. The average molecular weight is 447 g/mol. The highest BCUT2D eigenvalue weighted by Gasteiger charge is 2.37. The van der Waals surface area contributed by atoms with E-state index in [9.17, 15) is 9.59 Å². The number of amides is 2. The number of hydrogen-bond donors (Lipinski definition) is 2. The molecule has 0 saturated carbocycles. The average Bonchev–Trinajstić information content (AvgIpc) is 3.53. The van der Waals surface area contributed by atoms with Crippen molar-refractivity contribution in [2.45, 2.75) is 18.5 Å². The molecular weight excluding hydrogens is 422 g/mol. The van der Waals surface area contributed by atoms with E-state index in [4.69, 9.17) is 10.5 Å². The Morgan fingerprint density at radius 2 is 2.21 bits per heavy atom. The number of fused-ring (bicyclic) bond motifs is 1. The molecule has 2 atom stereocenters. The number of anilines is 1. The Labute approximate surface area is 191 Å². The maximum absolute atomic E-state index is 12.4. The number of aromatic nitrogens is 4. The van der Waals surface area contributed by atoms with Crippen LogP contribution in [0.25, 0.3) is 5.52 Å². The van der Waals surface area contributed by atoms with Crippen molar-refractivity contribution in [1.82, 2.24) is 24.1 Å². The monoisotopic (exact) mass is 447 g/mol. The quantitative estimate of drug-likeness (QED) is 0.431. The highest BCUT2D eigenvalue weighted by Crippen LogP contribution is 2.32. The molecule has 0 unspecified atom stereocenters. The van der Waals surface area contributed by atoms with E-state index in [1.54, 1.807) is 36.3 Å². The van der Waals surface area contributed by atoms with Crippen LogP contribution in [0, 0.1) is 11.8 Å². The Balaban J connectivity index is 1.75. The summed E-state index contributed by atoms with van der Waals surface area (Å²) in [6.07, 6.45) is 5.30. The SMILES string of the molecule is C=CC(=O)N1C[C@@H](n2nc(C#Cc3cccc4cncn34)c(C(N)=O)c2NC)C[C@@H]1COC. The van der Waals surface area contributed by atoms with Gasteiger partial charge in [-0.15, -0.1) is 0 Å². The molecule has 10 nitrogen and oxygen atoms in total. The van der Waals surface area contributed by atoms with Crippen LogP contribution in [-0.4, -0.2) is 69.2 Å². The third kappa shape index (κ3) is 4.06. The number of pyridine rings is 1. The van der Waals surface area contributed by atoms with Crippen LogP contribution in [0.3, 0.4) is 0 Å². The minimum Gasteiger partial charge on any atom is -0.383 e. The lowest BCUT2D eigenvalue weighted by Crippen LogP contribution is -2.37. The van der Waals surface area contributed by atoms with Gasteiger partial charge in [-0.2, -0.15) is 5.10 Å². The zero-order valence-corrected chi connectivity index (χ0v) is 18.5. The Hall–Kier alpha value is -4.10. The third-order valence-corrected chi connectivity index (χ3v) is 5.71. The van der Waals surface area contributed by atoms with Crippen molar-refractivity contribution in [3.05, 3.63) is 60.3 Å². The predicted octanol–water partition coefficient (Wildman–Crippen LogP) is 1.05. The van der Waals surface area contributed by atoms with Gasteiger partial charge in [-0.3, -0.25) is 14.0 Å². The number of carbonyl (C=O) groups excluding carboxylic acids is 2. The second-order valence-corrected chi connectivity index (χ2v) is 7.67. The summed E-state index contributed by atoms with van der Waals surface area (Å²) in [6, 6.07) is 5.33. The van der Waals surface area contributed by atoms with Crippen LogP contribution in [0.1, 0.15) is 34.2 Å². The van der Waals surface area contributed by atoms with Gasteiger partial charge in [0.15, 0.2) is 5.69 Å². The molecule has 170 valence electrons. The minimum absolute atomic E-state index is 0.134. The summed E-state index contributed by atoms with van der Waals surface area (Å²) in [5.41, 5.74) is 7.78. The second-order valence-electron chi connectivity index (χ2n) is 7.67. The summed E-state index contributed by atoms with van der Waals surface area (Å²) < 4.78 is 8.84. The first-order valence-corrected chi connectivity index (χ1v) is 10.4. The zero-order valence-electron chi connectivity index (χ0n) is 18.5. The number of likely N-dealkylation sites (tertiary alicyclic amines) is 1. The topological polar surface area (TPSA) is 120 Å². The van der Waals surface area contributed by atoms with Crippen LogP contribution >= 0.6 is 0 Å². The molecule has 33 heavy (non-hydrogen) atoms. The Morgan fingerprint density at radius 3 is 2.91 bits per heavy atom. The van der Waals surface area contributed by atoms with Gasteiger partial charge in [-0.05, 0) is 36.5 Å². The Bertz CT molecular complexity index is 1280. The van der Waals surface area contributed by atoms with Gasteiger partial charge in [-0.1, -0.05) is 12.6 Å². The van der Waals surface area contributed by atoms with E-state index in [1.807, 2.05) is 22.6 Å².